The summed E-state index contributed by atoms with van der Waals surface area (Å²) in [6.45, 7) is 1.99. The normalized spacial score (nSPS) is 27.8. The monoisotopic (exact) mass is 240 g/mol. The van der Waals surface area contributed by atoms with Gasteiger partial charge in [0.25, 0.3) is 0 Å². The van der Waals surface area contributed by atoms with Crippen molar-refractivity contribution in [2.75, 3.05) is 0 Å². The van der Waals surface area contributed by atoms with Gasteiger partial charge in [-0.1, -0.05) is 19.4 Å². The first-order valence-electron chi connectivity index (χ1n) is 5.26. The van der Waals surface area contributed by atoms with Crippen molar-refractivity contribution < 1.29 is 14.3 Å². The molecule has 0 radical (unpaired) electrons. The number of carboxylic acids is 1. The summed E-state index contributed by atoms with van der Waals surface area (Å²) in [7, 11) is 0. The predicted molar refractivity (Wildman–Crippen MR) is 61.0 cm³/mol. The van der Waals surface area contributed by atoms with E-state index >= 15 is 0 Å². The third kappa shape index (κ3) is 1.94. The molecule has 4 heteroatoms. The molecule has 2 rings (SSSR count). The van der Waals surface area contributed by atoms with Crippen molar-refractivity contribution in [1.82, 2.24) is 0 Å². The molecule has 1 fully saturated rings. The summed E-state index contributed by atoms with van der Waals surface area (Å²) in [4.78, 5) is 11.9. The van der Waals surface area contributed by atoms with Crippen LogP contribution >= 0.6 is 11.8 Å². The van der Waals surface area contributed by atoms with E-state index in [2.05, 4.69) is 0 Å². The summed E-state index contributed by atoms with van der Waals surface area (Å²) in [5.41, 5.74) is 0. The molecule has 0 aliphatic heterocycles. The fourth-order valence-corrected chi connectivity index (χ4v) is 3.40. The van der Waals surface area contributed by atoms with Gasteiger partial charge in [0.2, 0.25) is 0 Å². The van der Waals surface area contributed by atoms with Crippen LogP contribution in [0.4, 0.5) is 4.39 Å². The van der Waals surface area contributed by atoms with E-state index in [1.54, 1.807) is 12.1 Å². The van der Waals surface area contributed by atoms with E-state index in [-0.39, 0.29) is 11.7 Å². The SMILES string of the molecule is CCC1CC1(Sc1cccc(F)c1)C(=O)O. The van der Waals surface area contributed by atoms with Crippen molar-refractivity contribution in [3.8, 4) is 0 Å². The second-order valence-electron chi connectivity index (χ2n) is 4.06. The highest BCUT2D eigenvalue weighted by atomic mass is 32.2. The van der Waals surface area contributed by atoms with E-state index in [1.165, 1.54) is 23.9 Å². The molecule has 1 saturated carbocycles. The number of hydrogen-bond donors (Lipinski definition) is 1. The molecule has 1 N–H and O–H groups in total. The molecule has 0 spiro atoms. The Morgan fingerprint density at radius 2 is 2.44 bits per heavy atom. The molecule has 2 unspecified atom stereocenters. The van der Waals surface area contributed by atoms with E-state index in [4.69, 9.17) is 0 Å². The highest BCUT2D eigenvalue weighted by Gasteiger charge is 2.60. The van der Waals surface area contributed by atoms with Crippen LogP contribution in [0, 0.1) is 11.7 Å². The topological polar surface area (TPSA) is 37.3 Å². The Bertz CT molecular complexity index is 421. The third-order valence-electron chi connectivity index (χ3n) is 3.00. The highest BCUT2D eigenvalue weighted by Crippen LogP contribution is 2.58. The molecular weight excluding hydrogens is 227 g/mol. The molecule has 0 heterocycles. The highest BCUT2D eigenvalue weighted by molar-refractivity contribution is 8.01. The standard InChI is InChI=1S/C12H13FO2S/c1-2-8-7-12(8,11(14)15)16-10-5-3-4-9(13)6-10/h3-6,8H,2,7H2,1H3,(H,14,15). The fraction of sp³-hybridized carbons (Fsp3) is 0.417. The first kappa shape index (κ1) is 11.5. The average molecular weight is 240 g/mol. The van der Waals surface area contributed by atoms with Crippen molar-refractivity contribution >= 4 is 17.7 Å². The molecule has 0 saturated heterocycles. The summed E-state index contributed by atoms with van der Waals surface area (Å²) in [5, 5.41) is 9.22. The van der Waals surface area contributed by atoms with E-state index in [0.29, 0.717) is 11.3 Å². The van der Waals surface area contributed by atoms with Gasteiger partial charge in [-0.15, -0.1) is 11.8 Å². The molecule has 0 amide bonds. The van der Waals surface area contributed by atoms with Gasteiger partial charge in [-0.2, -0.15) is 0 Å². The van der Waals surface area contributed by atoms with Gasteiger partial charge in [0, 0.05) is 4.90 Å². The van der Waals surface area contributed by atoms with Crippen LogP contribution in [-0.2, 0) is 4.79 Å². The van der Waals surface area contributed by atoms with Crippen LogP contribution in [0.2, 0.25) is 0 Å². The third-order valence-corrected chi connectivity index (χ3v) is 4.53. The van der Waals surface area contributed by atoms with E-state index in [9.17, 15) is 14.3 Å². The van der Waals surface area contributed by atoms with Gasteiger partial charge >= 0.3 is 5.97 Å². The molecule has 2 atom stereocenters. The predicted octanol–water partition coefficient (Wildman–Crippen LogP) is 3.17. The van der Waals surface area contributed by atoms with Gasteiger partial charge in [-0.05, 0) is 30.5 Å². The number of aliphatic carboxylic acids is 1. The van der Waals surface area contributed by atoms with Crippen LogP contribution in [-0.4, -0.2) is 15.8 Å². The largest absolute Gasteiger partial charge is 0.480 e. The van der Waals surface area contributed by atoms with Crippen molar-refractivity contribution in [1.29, 1.82) is 0 Å². The maximum atomic E-state index is 13.0. The van der Waals surface area contributed by atoms with Gasteiger partial charge in [-0.25, -0.2) is 4.39 Å². The first-order chi connectivity index (χ1) is 7.58. The zero-order valence-corrected chi connectivity index (χ0v) is 9.76. The number of thioether (sulfide) groups is 1. The van der Waals surface area contributed by atoms with Crippen molar-refractivity contribution in [3.05, 3.63) is 30.1 Å². The van der Waals surface area contributed by atoms with Gasteiger partial charge in [-0.3, -0.25) is 4.79 Å². The van der Waals surface area contributed by atoms with Gasteiger partial charge in [0.15, 0.2) is 0 Å². The molecule has 1 aromatic carbocycles. The van der Waals surface area contributed by atoms with E-state index < -0.39 is 10.7 Å². The minimum atomic E-state index is -0.784. The summed E-state index contributed by atoms with van der Waals surface area (Å²) in [6.07, 6.45) is 1.54. The van der Waals surface area contributed by atoms with Crippen molar-refractivity contribution in [2.24, 2.45) is 5.92 Å². The van der Waals surface area contributed by atoms with Crippen LogP contribution in [0.3, 0.4) is 0 Å². The van der Waals surface area contributed by atoms with Gasteiger partial charge in [0.1, 0.15) is 10.6 Å². The lowest BCUT2D eigenvalue weighted by atomic mass is 10.2. The summed E-state index contributed by atoms with van der Waals surface area (Å²) < 4.78 is 12.3. The summed E-state index contributed by atoms with van der Waals surface area (Å²) in [6, 6.07) is 6.11. The van der Waals surface area contributed by atoms with Crippen LogP contribution < -0.4 is 0 Å². The second-order valence-corrected chi connectivity index (χ2v) is 5.47. The van der Waals surface area contributed by atoms with Gasteiger partial charge in [0.05, 0.1) is 0 Å². The first-order valence-corrected chi connectivity index (χ1v) is 6.08. The quantitative estimate of drug-likeness (QED) is 0.878. The van der Waals surface area contributed by atoms with Crippen LogP contribution in [0.5, 0.6) is 0 Å². The molecule has 0 bridgehead atoms. The number of carbonyl (C=O) groups is 1. The Labute approximate surface area is 97.9 Å². The second kappa shape index (κ2) is 4.09. The summed E-state index contributed by atoms with van der Waals surface area (Å²) >= 11 is 1.27. The lowest BCUT2D eigenvalue weighted by Gasteiger charge is -2.11. The lowest BCUT2D eigenvalue weighted by Crippen LogP contribution is -2.20. The lowest BCUT2D eigenvalue weighted by molar-refractivity contribution is -0.137. The molecule has 16 heavy (non-hydrogen) atoms. The minimum Gasteiger partial charge on any atom is -0.480 e. The molecular formula is C12H13FO2S. The number of benzene rings is 1. The Morgan fingerprint density at radius 1 is 1.69 bits per heavy atom. The Hall–Kier alpha value is -1.03. The zero-order valence-electron chi connectivity index (χ0n) is 8.94. The maximum absolute atomic E-state index is 13.0. The smallest absolute Gasteiger partial charge is 0.320 e. The molecule has 1 aliphatic carbocycles. The number of hydrogen-bond acceptors (Lipinski definition) is 2. The Balaban J connectivity index is 2.17. The molecule has 86 valence electrons. The molecule has 0 aromatic heterocycles. The average Bonchev–Trinajstić information content (AvgIpc) is 2.93. The molecule has 1 aromatic rings. The maximum Gasteiger partial charge on any atom is 0.320 e. The van der Waals surface area contributed by atoms with Crippen LogP contribution in [0.25, 0.3) is 0 Å². The minimum absolute atomic E-state index is 0.207. The molecule has 1 aliphatic rings. The van der Waals surface area contributed by atoms with Crippen LogP contribution in [0.15, 0.2) is 29.2 Å². The van der Waals surface area contributed by atoms with E-state index in [1.807, 2.05) is 6.92 Å². The summed E-state index contributed by atoms with van der Waals surface area (Å²) in [5.74, 6) is -0.897. The Kier molecular flexibility index (Phi) is 2.93. The van der Waals surface area contributed by atoms with Gasteiger partial charge < -0.3 is 5.11 Å². The number of carboxylic acid groups (broad SMARTS) is 1. The zero-order chi connectivity index (χ0) is 11.8. The van der Waals surface area contributed by atoms with Crippen molar-refractivity contribution in [3.63, 3.8) is 0 Å². The number of halogens is 1. The van der Waals surface area contributed by atoms with E-state index in [0.717, 1.165) is 6.42 Å². The Morgan fingerprint density at radius 3 is 2.94 bits per heavy atom. The fourth-order valence-electron chi connectivity index (χ4n) is 1.95. The molecule has 2 nitrogen and oxygen atoms in total. The number of rotatable bonds is 4. The van der Waals surface area contributed by atoms with Crippen molar-refractivity contribution in [2.45, 2.75) is 29.4 Å². The van der Waals surface area contributed by atoms with Crippen LogP contribution in [0.1, 0.15) is 19.8 Å².